The number of rotatable bonds is 1. The Labute approximate surface area is 67.6 Å². The maximum absolute atomic E-state index is 11.3. The van der Waals surface area contributed by atoms with Crippen LogP contribution in [-0.2, 0) is 4.79 Å². The van der Waals surface area contributed by atoms with Crippen LogP contribution < -0.4 is 0 Å². The minimum Gasteiger partial charge on any atom is -0.298 e. The molecule has 0 spiro atoms. The summed E-state index contributed by atoms with van der Waals surface area (Å²) in [5, 5.41) is 0. The van der Waals surface area contributed by atoms with E-state index in [-0.39, 0.29) is 0 Å². The number of hydrogen-bond acceptors (Lipinski definition) is 2. The Balaban J connectivity index is 2.19. The van der Waals surface area contributed by atoms with Crippen molar-refractivity contribution in [3.8, 4) is 0 Å². The average molecular weight is 153 g/mol. The minimum absolute atomic E-state index is 0.292. The zero-order valence-corrected chi connectivity index (χ0v) is 7.21. The van der Waals surface area contributed by atoms with Gasteiger partial charge >= 0.3 is 0 Å². The van der Waals surface area contributed by atoms with Crippen molar-refractivity contribution in [2.24, 2.45) is 0 Å². The van der Waals surface area contributed by atoms with E-state index in [0.717, 1.165) is 12.8 Å². The van der Waals surface area contributed by atoms with Crippen LogP contribution in [0.15, 0.2) is 0 Å². The smallest absolute Gasteiger partial charge is 0.151 e. The SMILES string of the molecule is CC(C)N1C2CCC1C(=O)C2. The first-order chi connectivity index (χ1) is 5.20. The molecule has 2 atom stereocenters. The lowest BCUT2D eigenvalue weighted by Gasteiger charge is -2.24. The molecule has 2 saturated heterocycles. The van der Waals surface area contributed by atoms with Gasteiger partial charge in [0.05, 0.1) is 6.04 Å². The van der Waals surface area contributed by atoms with Crippen molar-refractivity contribution >= 4 is 5.78 Å². The highest BCUT2D eigenvalue weighted by molar-refractivity contribution is 5.87. The van der Waals surface area contributed by atoms with Gasteiger partial charge in [0.15, 0.2) is 5.78 Å². The van der Waals surface area contributed by atoms with E-state index < -0.39 is 0 Å². The van der Waals surface area contributed by atoms with Gasteiger partial charge in [0, 0.05) is 18.5 Å². The fourth-order valence-corrected chi connectivity index (χ4v) is 2.59. The average Bonchev–Trinajstić information content (AvgIpc) is 2.41. The number of hydrogen-bond donors (Lipinski definition) is 0. The quantitative estimate of drug-likeness (QED) is 0.564. The standard InChI is InChI=1S/C9H15NO/c1-6(2)10-7-3-4-8(10)9(11)5-7/h6-8H,3-5H2,1-2H3. The molecule has 2 aliphatic rings. The molecule has 0 amide bonds. The van der Waals surface area contributed by atoms with Gasteiger partial charge < -0.3 is 0 Å². The highest BCUT2D eigenvalue weighted by atomic mass is 16.1. The molecule has 0 aliphatic carbocycles. The van der Waals surface area contributed by atoms with Crippen molar-refractivity contribution in [1.29, 1.82) is 0 Å². The summed E-state index contributed by atoms with van der Waals surface area (Å²) in [6, 6.07) is 1.44. The molecule has 0 saturated carbocycles. The third-order valence-electron chi connectivity index (χ3n) is 2.96. The van der Waals surface area contributed by atoms with E-state index in [0.29, 0.717) is 23.9 Å². The van der Waals surface area contributed by atoms with Crippen LogP contribution in [0.4, 0.5) is 0 Å². The first-order valence-corrected chi connectivity index (χ1v) is 4.50. The summed E-state index contributed by atoms with van der Waals surface area (Å²) in [5.74, 6) is 0.481. The number of ketones is 1. The van der Waals surface area contributed by atoms with Crippen LogP contribution in [-0.4, -0.2) is 28.8 Å². The molecule has 2 unspecified atom stereocenters. The van der Waals surface area contributed by atoms with Crippen molar-refractivity contribution in [3.05, 3.63) is 0 Å². The molecule has 2 bridgehead atoms. The van der Waals surface area contributed by atoms with Gasteiger partial charge in [0.25, 0.3) is 0 Å². The topological polar surface area (TPSA) is 20.3 Å². The van der Waals surface area contributed by atoms with E-state index in [4.69, 9.17) is 0 Å². The van der Waals surface area contributed by atoms with Crippen LogP contribution in [0, 0.1) is 0 Å². The lowest BCUT2D eigenvalue weighted by molar-refractivity contribution is -0.120. The molecule has 0 aromatic carbocycles. The van der Waals surface area contributed by atoms with Crippen LogP contribution >= 0.6 is 0 Å². The fourth-order valence-electron chi connectivity index (χ4n) is 2.59. The molecule has 2 aliphatic heterocycles. The number of carbonyl (C=O) groups is 1. The van der Waals surface area contributed by atoms with Crippen LogP contribution in [0.1, 0.15) is 33.1 Å². The Morgan fingerprint density at radius 2 is 2.18 bits per heavy atom. The molecule has 11 heavy (non-hydrogen) atoms. The summed E-state index contributed by atoms with van der Waals surface area (Å²) in [6.45, 7) is 4.37. The van der Waals surface area contributed by atoms with E-state index >= 15 is 0 Å². The van der Waals surface area contributed by atoms with Crippen LogP contribution in [0.5, 0.6) is 0 Å². The van der Waals surface area contributed by atoms with Gasteiger partial charge in [-0.2, -0.15) is 0 Å². The molecule has 2 fully saturated rings. The van der Waals surface area contributed by atoms with E-state index in [1.54, 1.807) is 0 Å². The molecular weight excluding hydrogens is 138 g/mol. The molecule has 2 nitrogen and oxygen atoms in total. The predicted molar refractivity (Wildman–Crippen MR) is 43.4 cm³/mol. The minimum atomic E-state index is 0.292. The third-order valence-corrected chi connectivity index (χ3v) is 2.96. The van der Waals surface area contributed by atoms with Gasteiger partial charge in [0.1, 0.15) is 0 Å². The summed E-state index contributed by atoms with van der Waals surface area (Å²) in [5.41, 5.74) is 0. The van der Waals surface area contributed by atoms with E-state index in [1.165, 1.54) is 6.42 Å². The molecular formula is C9H15NO. The summed E-state index contributed by atoms with van der Waals surface area (Å²) >= 11 is 0. The maximum Gasteiger partial charge on any atom is 0.151 e. The molecule has 2 heterocycles. The monoisotopic (exact) mass is 153 g/mol. The van der Waals surface area contributed by atoms with Crippen LogP contribution in [0.25, 0.3) is 0 Å². The summed E-state index contributed by atoms with van der Waals surface area (Å²) in [6.07, 6.45) is 3.18. The van der Waals surface area contributed by atoms with Crippen molar-refractivity contribution in [2.75, 3.05) is 0 Å². The highest BCUT2D eigenvalue weighted by Gasteiger charge is 2.46. The van der Waals surface area contributed by atoms with Crippen LogP contribution in [0.2, 0.25) is 0 Å². The predicted octanol–water partition coefficient (Wildman–Crippen LogP) is 1.20. The third kappa shape index (κ3) is 0.924. The maximum atomic E-state index is 11.3. The molecule has 2 rings (SSSR count). The lowest BCUT2D eigenvalue weighted by atomic mass is 10.00. The summed E-state index contributed by atoms with van der Waals surface area (Å²) < 4.78 is 0. The van der Waals surface area contributed by atoms with Gasteiger partial charge in [-0.15, -0.1) is 0 Å². The molecule has 0 aromatic heterocycles. The summed E-state index contributed by atoms with van der Waals surface area (Å²) in [4.78, 5) is 13.7. The van der Waals surface area contributed by atoms with Crippen molar-refractivity contribution in [2.45, 2.75) is 51.2 Å². The first kappa shape index (κ1) is 7.29. The second-order valence-corrected chi connectivity index (χ2v) is 3.96. The van der Waals surface area contributed by atoms with E-state index in [1.807, 2.05) is 0 Å². The normalized spacial score (nSPS) is 37.5. The second-order valence-electron chi connectivity index (χ2n) is 3.96. The zero-order valence-electron chi connectivity index (χ0n) is 7.21. The molecule has 62 valence electrons. The molecule has 0 N–H and O–H groups in total. The number of fused-ring (bicyclic) bond motifs is 2. The lowest BCUT2D eigenvalue weighted by Crippen LogP contribution is -2.36. The molecule has 2 heteroatoms. The van der Waals surface area contributed by atoms with Gasteiger partial charge in [-0.25, -0.2) is 0 Å². The summed E-state index contributed by atoms with van der Waals surface area (Å²) in [7, 11) is 0. The van der Waals surface area contributed by atoms with E-state index in [2.05, 4.69) is 18.7 Å². The van der Waals surface area contributed by atoms with Gasteiger partial charge in [-0.1, -0.05) is 0 Å². The fraction of sp³-hybridized carbons (Fsp3) is 0.889. The number of nitrogens with zero attached hydrogens (tertiary/aromatic N) is 1. The Kier molecular flexibility index (Phi) is 1.53. The van der Waals surface area contributed by atoms with Gasteiger partial charge in [-0.3, -0.25) is 9.69 Å². The van der Waals surface area contributed by atoms with Crippen molar-refractivity contribution < 1.29 is 4.79 Å². The first-order valence-electron chi connectivity index (χ1n) is 4.50. The Bertz CT molecular complexity index is 188. The zero-order chi connectivity index (χ0) is 8.01. The Hall–Kier alpha value is -0.370. The van der Waals surface area contributed by atoms with Crippen molar-refractivity contribution in [1.82, 2.24) is 4.90 Å². The largest absolute Gasteiger partial charge is 0.298 e. The van der Waals surface area contributed by atoms with Gasteiger partial charge in [-0.05, 0) is 26.7 Å². The Morgan fingerprint density at radius 1 is 1.45 bits per heavy atom. The van der Waals surface area contributed by atoms with Crippen molar-refractivity contribution in [3.63, 3.8) is 0 Å². The highest BCUT2D eigenvalue weighted by Crippen LogP contribution is 2.36. The molecule has 0 radical (unpaired) electrons. The second kappa shape index (κ2) is 2.31. The molecule has 0 aromatic rings. The Morgan fingerprint density at radius 3 is 2.45 bits per heavy atom. The van der Waals surface area contributed by atoms with Gasteiger partial charge in [0.2, 0.25) is 0 Å². The number of Topliss-reactive ketones (excluding diaryl/α,β-unsaturated/α-hetero) is 1. The van der Waals surface area contributed by atoms with E-state index in [9.17, 15) is 4.79 Å². The number of carbonyl (C=O) groups excluding carboxylic acids is 1. The van der Waals surface area contributed by atoms with Crippen LogP contribution in [0.3, 0.4) is 0 Å².